The summed E-state index contributed by atoms with van der Waals surface area (Å²) in [5.74, 6) is 1.06. The van der Waals surface area contributed by atoms with Crippen molar-refractivity contribution in [3.05, 3.63) is 129 Å². The van der Waals surface area contributed by atoms with E-state index in [-0.39, 0.29) is 22.9 Å². The van der Waals surface area contributed by atoms with Crippen LogP contribution in [0.5, 0.6) is 0 Å². The second kappa shape index (κ2) is 13.4. The molecule has 0 fully saturated rings. The molecular weight excluding hydrogens is 571 g/mol. The quantitative estimate of drug-likeness (QED) is 0.183. The first kappa shape index (κ1) is 29.0. The van der Waals surface area contributed by atoms with Crippen LogP contribution in [0.2, 0.25) is 10.0 Å². The molecule has 0 radical (unpaired) electrons. The smallest absolute Gasteiger partial charge is 0.264 e. The van der Waals surface area contributed by atoms with E-state index in [1.54, 1.807) is 84.6 Å². The number of anilines is 1. The normalized spacial score (nSPS) is 11.3. The summed E-state index contributed by atoms with van der Waals surface area (Å²) in [6.07, 6.45) is 0. The summed E-state index contributed by atoms with van der Waals surface area (Å²) in [6, 6.07) is 28.1. The van der Waals surface area contributed by atoms with Gasteiger partial charge in [-0.15, -0.1) is 0 Å². The van der Waals surface area contributed by atoms with Crippen molar-refractivity contribution >= 4 is 56.6 Å². The van der Waals surface area contributed by atoms with Gasteiger partial charge < -0.3 is 5.32 Å². The third-order valence-electron chi connectivity index (χ3n) is 6.01. The fourth-order valence-corrected chi connectivity index (χ4v) is 6.65. The van der Waals surface area contributed by atoms with Gasteiger partial charge in [-0.25, -0.2) is 8.42 Å². The maximum atomic E-state index is 13.9. The minimum atomic E-state index is -4.00. The van der Waals surface area contributed by atoms with Crippen LogP contribution in [0, 0.1) is 6.92 Å². The van der Waals surface area contributed by atoms with Crippen molar-refractivity contribution in [2.75, 3.05) is 16.6 Å². The number of aryl methyl sites for hydroxylation is 1. The number of hydrogen-bond acceptors (Lipinski definition) is 4. The van der Waals surface area contributed by atoms with Gasteiger partial charge >= 0.3 is 0 Å². The van der Waals surface area contributed by atoms with Gasteiger partial charge in [-0.05, 0) is 60.5 Å². The van der Waals surface area contributed by atoms with Crippen LogP contribution in [0.15, 0.2) is 102 Å². The summed E-state index contributed by atoms with van der Waals surface area (Å²) in [5.41, 5.74) is 3.30. The van der Waals surface area contributed by atoms with E-state index in [4.69, 9.17) is 23.2 Å². The molecule has 0 aliphatic rings. The molecule has 39 heavy (non-hydrogen) atoms. The van der Waals surface area contributed by atoms with Crippen LogP contribution in [0.4, 0.5) is 5.69 Å². The maximum absolute atomic E-state index is 13.9. The fourth-order valence-electron chi connectivity index (χ4n) is 3.91. The molecule has 202 valence electrons. The number of hydrogen-bond donors (Lipinski definition) is 1. The maximum Gasteiger partial charge on any atom is 0.264 e. The first-order valence-corrected chi connectivity index (χ1v) is 15.6. The summed E-state index contributed by atoms with van der Waals surface area (Å²) < 4.78 is 29.1. The minimum absolute atomic E-state index is 0.0331. The van der Waals surface area contributed by atoms with E-state index in [1.165, 1.54) is 4.31 Å². The lowest BCUT2D eigenvalue weighted by Crippen LogP contribution is -2.34. The number of halogens is 2. The molecule has 1 N–H and O–H groups in total. The Morgan fingerprint density at radius 2 is 1.54 bits per heavy atom. The Kier molecular flexibility index (Phi) is 9.97. The first-order chi connectivity index (χ1) is 18.8. The highest BCUT2D eigenvalue weighted by Gasteiger charge is 2.28. The topological polar surface area (TPSA) is 66.5 Å². The van der Waals surface area contributed by atoms with Crippen LogP contribution in [-0.2, 0) is 22.3 Å². The van der Waals surface area contributed by atoms with Gasteiger partial charge in [0.2, 0.25) is 0 Å². The van der Waals surface area contributed by atoms with E-state index in [0.717, 1.165) is 27.5 Å². The molecule has 4 rings (SSSR count). The van der Waals surface area contributed by atoms with Gasteiger partial charge in [0.25, 0.3) is 15.9 Å². The molecule has 5 nitrogen and oxygen atoms in total. The lowest BCUT2D eigenvalue weighted by atomic mass is 10.1. The molecule has 0 aliphatic heterocycles. The number of rotatable bonds is 11. The lowest BCUT2D eigenvalue weighted by molar-refractivity contribution is 0.0957. The van der Waals surface area contributed by atoms with Crippen LogP contribution >= 0.6 is 35.0 Å². The van der Waals surface area contributed by atoms with Gasteiger partial charge in [0.05, 0.1) is 22.7 Å². The number of amides is 1. The SMILES string of the molecule is Cc1ccc(S(=O)(=O)N(Cc2ccc(Cl)cc2)c2ccccc2C(=O)NCCSCc2ccccc2Cl)cc1. The van der Waals surface area contributed by atoms with Gasteiger partial charge in [-0.1, -0.05) is 83.4 Å². The van der Waals surface area contributed by atoms with E-state index in [9.17, 15) is 13.2 Å². The first-order valence-electron chi connectivity index (χ1n) is 12.3. The third-order valence-corrected chi connectivity index (χ3v) is 9.42. The molecule has 0 heterocycles. The largest absolute Gasteiger partial charge is 0.351 e. The predicted octanol–water partition coefficient (Wildman–Crippen LogP) is 7.36. The molecule has 4 aromatic rings. The molecule has 0 saturated carbocycles. The predicted molar refractivity (Wildman–Crippen MR) is 162 cm³/mol. The number of nitrogens with zero attached hydrogens (tertiary/aromatic N) is 1. The fraction of sp³-hybridized carbons (Fsp3) is 0.167. The molecule has 0 atom stereocenters. The second-order valence-electron chi connectivity index (χ2n) is 8.87. The zero-order valence-corrected chi connectivity index (χ0v) is 24.5. The molecule has 0 aliphatic carbocycles. The van der Waals surface area contributed by atoms with Crippen molar-refractivity contribution in [2.45, 2.75) is 24.1 Å². The number of carbonyl (C=O) groups is 1. The van der Waals surface area contributed by atoms with Gasteiger partial charge in [-0.3, -0.25) is 9.10 Å². The summed E-state index contributed by atoms with van der Waals surface area (Å²) in [5, 5.41) is 4.21. The average molecular weight is 600 g/mol. The Balaban J connectivity index is 1.56. The molecule has 0 unspecified atom stereocenters. The molecule has 0 bridgehead atoms. The Hall–Kier alpha value is -2.97. The highest BCUT2D eigenvalue weighted by Crippen LogP contribution is 2.30. The van der Waals surface area contributed by atoms with E-state index in [0.29, 0.717) is 23.0 Å². The Labute approximate surface area is 244 Å². The van der Waals surface area contributed by atoms with E-state index in [1.807, 2.05) is 31.2 Å². The standard InChI is InChI=1S/C30H28Cl2N2O3S2/c1-22-10-16-26(17-11-22)39(36,37)34(20-23-12-14-25(31)15-13-23)29-9-5-3-7-27(29)30(35)33-18-19-38-21-24-6-2-4-8-28(24)32/h2-17H,18-21H2,1H3,(H,33,35). The van der Waals surface area contributed by atoms with Crippen LogP contribution < -0.4 is 9.62 Å². The number of sulfonamides is 1. The Bertz CT molecular complexity index is 1530. The van der Waals surface area contributed by atoms with Crippen LogP contribution in [-0.4, -0.2) is 26.6 Å². The number of thioether (sulfide) groups is 1. The van der Waals surface area contributed by atoms with Gasteiger partial charge in [0.1, 0.15) is 0 Å². The van der Waals surface area contributed by atoms with Crippen LogP contribution in [0.25, 0.3) is 0 Å². The van der Waals surface area contributed by atoms with E-state index >= 15 is 0 Å². The Morgan fingerprint density at radius 3 is 2.26 bits per heavy atom. The number of nitrogens with one attached hydrogen (secondary N) is 1. The number of para-hydroxylation sites is 1. The second-order valence-corrected chi connectivity index (χ2v) is 12.7. The van der Waals surface area contributed by atoms with Crippen molar-refractivity contribution in [1.82, 2.24) is 5.32 Å². The van der Waals surface area contributed by atoms with Gasteiger partial charge in [0, 0.05) is 28.1 Å². The van der Waals surface area contributed by atoms with Gasteiger partial charge in [-0.2, -0.15) is 11.8 Å². The van der Waals surface area contributed by atoms with E-state index in [2.05, 4.69) is 5.32 Å². The monoisotopic (exact) mass is 598 g/mol. The number of benzene rings is 4. The summed E-state index contributed by atoms with van der Waals surface area (Å²) in [6.45, 7) is 2.35. The molecular formula is C30H28Cl2N2O3S2. The van der Waals surface area contributed by atoms with Crippen molar-refractivity contribution in [3.63, 3.8) is 0 Å². The molecule has 1 amide bonds. The highest BCUT2D eigenvalue weighted by molar-refractivity contribution is 7.98. The molecule has 0 spiro atoms. The van der Waals surface area contributed by atoms with Crippen molar-refractivity contribution < 1.29 is 13.2 Å². The average Bonchev–Trinajstić information content (AvgIpc) is 2.93. The minimum Gasteiger partial charge on any atom is -0.351 e. The number of carbonyl (C=O) groups excluding carboxylic acids is 1. The zero-order valence-electron chi connectivity index (χ0n) is 21.3. The molecule has 9 heteroatoms. The molecule has 0 aromatic heterocycles. The van der Waals surface area contributed by atoms with Crippen LogP contribution in [0.1, 0.15) is 27.0 Å². The van der Waals surface area contributed by atoms with Crippen molar-refractivity contribution in [1.29, 1.82) is 0 Å². The van der Waals surface area contributed by atoms with Crippen molar-refractivity contribution in [3.8, 4) is 0 Å². The Morgan fingerprint density at radius 1 is 0.872 bits per heavy atom. The summed E-state index contributed by atoms with van der Waals surface area (Å²) in [4.78, 5) is 13.4. The van der Waals surface area contributed by atoms with E-state index < -0.39 is 10.0 Å². The highest BCUT2D eigenvalue weighted by atomic mass is 35.5. The third kappa shape index (κ3) is 7.57. The molecule has 4 aromatic carbocycles. The summed E-state index contributed by atoms with van der Waals surface area (Å²) in [7, 11) is -4.00. The van der Waals surface area contributed by atoms with Gasteiger partial charge in [0.15, 0.2) is 0 Å². The van der Waals surface area contributed by atoms with Crippen molar-refractivity contribution in [2.24, 2.45) is 0 Å². The molecule has 0 saturated heterocycles. The zero-order chi connectivity index (χ0) is 27.8. The lowest BCUT2D eigenvalue weighted by Gasteiger charge is -2.27. The van der Waals surface area contributed by atoms with Crippen LogP contribution in [0.3, 0.4) is 0 Å². The summed E-state index contributed by atoms with van der Waals surface area (Å²) >= 11 is 13.9.